The number of halogens is 3. The van der Waals surface area contributed by atoms with Crippen LogP contribution in [0, 0.1) is 10.1 Å². The van der Waals surface area contributed by atoms with Crippen molar-refractivity contribution in [3.05, 3.63) is 39.4 Å². The topological polar surface area (TPSA) is 84.7 Å². The molecule has 1 aliphatic rings. The highest BCUT2D eigenvalue weighted by Gasteiger charge is 2.33. The Morgan fingerprint density at radius 1 is 1.21 bits per heavy atom. The van der Waals surface area contributed by atoms with Gasteiger partial charge in [0.2, 0.25) is 0 Å². The van der Waals surface area contributed by atoms with Crippen molar-refractivity contribution in [3.8, 4) is 0 Å². The van der Waals surface area contributed by atoms with Crippen LogP contribution >= 0.6 is 0 Å². The van der Waals surface area contributed by atoms with Crippen molar-refractivity contribution < 1.29 is 27.6 Å². The van der Waals surface area contributed by atoms with Crippen molar-refractivity contribution in [2.45, 2.75) is 45.5 Å². The van der Waals surface area contributed by atoms with E-state index in [-0.39, 0.29) is 11.6 Å². The Balaban J connectivity index is 0.000000480. The Kier molecular flexibility index (Phi) is 8.37. The van der Waals surface area contributed by atoms with E-state index in [4.69, 9.17) is 0 Å². The molecule has 0 saturated carbocycles. The first kappa shape index (κ1) is 23.8. The molecule has 28 heavy (non-hydrogen) atoms. The number of nitro benzene ring substituents is 1. The predicted octanol–water partition coefficient (Wildman–Crippen LogP) is 3.54. The second-order valence-corrected chi connectivity index (χ2v) is 7.36. The van der Waals surface area contributed by atoms with E-state index < -0.39 is 22.4 Å². The van der Waals surface area contributed by atoms with Gasteiger partial charge in [0.05, 0.1) is 10.5 Å². The zero-order valence-corrected chi connectivity index (χ0v) is 16.4. The average molecular weight is 405 g/mol. The molecular weight excluding hydrogens is 379 g/mol. The quantitative estimate of drug-likeness (QED) is 0.469. The minimum atomic E-state index is -4.59. The van der Waals surface area contributed by atoms with Gasteiger partial charge in [-0.3, -0.25) is 19.8 Å². The number of benzene rings is 1. The van der Waals surface area contributed by atoms with Gasteiger partial charge < -0.3 is 10.1 Å². The zero-order chi connectivity index (χ0) is 21.5. The lowest BCUT2D eigenvalue weighted by atomic mass is 10.0. The fourth-order valence-corrected chi connectivity index (χ4v) is 2.57. The largest absolute Gasteiger partial charge is 0.462 e. The van der Waals surface area contributed by atoms with Crippen molar-refractivity contribution >= 4 is 12.2 Å². The van der Waals surface area contributed by atoms with E-state index in [1.807, 2.05) is 25.7 Å². The molecule has 7 nitrogen and oxygen atoms in total. The lowest BCUT2D eigenvalue weighted by Gasteiger charge is -2.33. The lowest BCUT2D eigenvalue weighted by molar-refractivity contribution is -0.385. The lowest BCUT2D eigenvalue weighted by Crippen LogP contribution is -2.44. The van der Waals surface area contributed by atoms with Crippen molar-refractivity contribution in [1.29, 1.82) is 0 Å². The van der Waals surface area contributed by atoms with Gasteiger partial charge >= 0.3 is 6.18 Å². The van der Waals surface area contributed by atoms with Crippen LogP contribution in [0.15, 0.2) is 18.2 Å². The molecule has 1 aromatic carbocycles. The van der Waals surface area contributed by atoms with E-state index in [2.05, 4.69) is 10.1 Å². The molecule has 1 unspecified atom stereocenters. The molecule has 1 aliphatic heterocycles. The summed E-state index contributed by atoms with van der Waals surface area (Å²) in [6.07, 6.45) is -4.59. The molecule has 10 heteroatoms. The van der Waals surface area contributed by atoms with Gasteiger partial charge in [0.15, 0.2) is 0 Å². The molecule has 2 rings (SSSR count). The van der Waals surface area contributed by atoms with Crippen molar-refractivity contribution in [1.82, 2.24) is 10.2 Å². The summed E-state index contributed by atoms with van der Waals surface area (Å²) in [4.78, 5) is 21.7. The van der Waals surface area contributed by atoms with Gasteiger partial charge in [0, 0.05) is 44.4 Å². The second-order valence-electron chi connectivity index (χ2n) is 7.36. The van der Waals surface area contributed by atoms with E-state index >= 15 is 0 Å². The third-order valence-corrected chi connectivity index (χ3v) is 4.06. The molecule has 0 bridgehead atoms. The third-order valence-electron chi connectivity index (χ3n) is 4.06. The first-order chi connectivity index (χ1) is 12.8. The van der Waals surface area contributed by atoms with Crippen molar-refractivity contribution in [3.63, 3.8) is 0 Å². The molecule has 1 atom stereocenters. The molecule has 158 valence electrons. The third kappa shape index (κ3) is 7.81. The summed E-state index contributed by atoms with van der Waals surface area (Å²) in [6, 6.07) is 2.50. The second kappa shape index (κ2) is 9.83. The smallest absolute Gasteiger partial charge is 0.416 e. The van der Waals surface area contributed by atoms with Gasteiger partial charge in [-0.15, -0.1) is 0 Å². The van der Waals surface area contributed by atoms with Gasteiger partial charge in [-0.1, -0.05) is 0 Å². The number of nitro groups is 1. The molecule has 1 N–H and O–H groups in total. The fourth-order valence-electron chi connectivity index (χ4n) is 2.57. The Morgan fingerprint density at radius 3 is 2.18 bits per heavy atom. The Morgan fingerprint density at radius 2 is 1.79 bits per heavy atom. The normalized spacial score (nSPS) is 16.5. The first-order valence-electron chi connectivity index (χ1n) is 8.78. The SMILES string of the molecule is CC(C)(C)OC=O.CC(c1cc([N+](=O)[O-])cc(C(F)(F)F)c1)N1CCNCC1. The highest BCUT2D eigenvalue weighted by Crippen LogP contribution is 2.35. The van der Waals surface area contributed by atoms with Crippen LogP contribution < -0.4 is 5.32 Å². The van der Waals surface area contributed by atoms with Gasteiger partial charge in [0.25, 0.3) is 12.2 Å². The summed E-state index contributed by atoms with van der Waals surface area (Å²) in [5, 5.41) is 14.0. The number of carbonyl (C=O) groups is 1. The number of non-ortho nitro benzene ring substituents is 1. The molecule has 0 aliphatic carbocycles. The van der Waals surface area contributed by atoms with Crippen LogP contribution in [-0.4, -0.2) is 48.1 Å². The molecule has 0 spiro atoms. The summed E-state index contributed by atoms with van der Waals surface area (Å²) in [5.41, 5.74) is -1.50. The number of hydrogen-bond acceptors (Lipinski definition) is 6. The minimum absolute atomic E-state index is 0.298. The van der Waals surface area contributed by atoms with Crippen LogP contribution in [0.1, 0.15) is 44.9 Å². The van der Waals surface area contributed by atoms with E-state index in [1.54, 1.807) is 6.92 Å². The summed E-state index contributed by atoms with van der Waals surface area (Å²) in [5.74, 6) is 0. The maximum absolute atomic E-state index is 12.9. The van der Waals surface area contributed by atoms with Crippen LogP contribution in [0.4, 0.5) is 18.9 Å². The Bertz CT molecular complexity index is 669. The number of alkyl halides is 3. The molecule has 1 heterocycles. The van der Waals surface area contributed by atoms with E-state index in [9.17, 15) is 28.1 Å². The number of hydrogen-bond donors (Lipinski definition) is 1. The van der Waals surface area contributed by atoms with Crippen molar-refractivity contribution in [2.75, 3.05) is 26.2 Å². The van der Waals surface area contributed by atoms with Crippen molar-refractivity contribution in [2.24, 2.45) is 0 Å². The molecule has 1 fully saturated rings. The zero-order valence-electron chi connectivity index (χ0n) is 16.4. The van der Waals surface area contributed by atoms with Crippen LogP contribution in [0.3, 0.4) is 0 Å². The predicted molar refractivity (Wildman–Crippen MR) is 97.9 cm³/mol. The molecule has 0 radical (unpaired) electrons. The summed E-state index contributed by atoms with van der Waals surface area (Å²) < 4.78 is 43.2. The van der Waals surface area contributed by atoms with Crippen LogP contribution in [0.5, 0.6) is 0 Å². The number of piperazine rings is 1. The molecule has 1 saturated heterocycles. The fraction of sp³-hybridized carbons (Fsp3) is 0.611. The van der Waals surface area contributed by atoms with Gasteiger partial charge in [-0.25, -0.2) is 0 Å². The van der Waals surface area contributed by atoms with E-state index in [0.717, 1.165) is 19.2 Å². The standard InChI is InChI=1S/C13H16F3N3O2.C5H10O2/c1-9(18-4-2-17-3-5-18)10-6-11(13(14,15)16)8-12(7-10)19(20)21;1-5(2,3)7-4-6/h6-9,17H,2-5H2,1H3;4H,1-3H3. The van der Waals surface area contributed by atoms with Gasteiger partial charge in [0.1, 0.15) is 5.60 Å². The van der Waals surface area contributed by atoms with Gasteiger partial charge in [-0.2, -0.15) is 13.2 Å². The number of carbonyl (C=O) groups excluding carboxylic acids is 1. The average Bonchev–Trinajstić information content (AvgIpc) is 2.60. The van der Waals surface area contributed by atoms with Crippen LogP contribution in [0.2, 0.25) is 0 Å². The molecular formula is C18H26F3N3O4. The summed E-state index contributed by atoms with van der Waals surface area (Å²) >= 11 is 0. The number of ether oxygens (including phenoxy) is 1. The van der Waals surface area contributed by atoms with E-state index in [0.29, 0.717) is 31.2 Å². The maximum atomic E-state index is 12.9. The Labute approximate surface area is 162 Å². The van der Waals surface area contributed by atoms with Crippen LogP contribution in [0.25, 0.3) is 0 Å². The monoisotopic (exact) mass is 405 g/mol. The number of nitrogens with one attached hydrogen (secondary N) is 1. The molecule has 1 aromatic rings. The molecule has 0 amide bonds. The minimum Gasteiger partial charge on any atom is -0.462 e. The summed E-state index contributed by atoms with van der Waals surface area (Å²) in [6.45, 7) is 10.6. The highest BCUT2D eigenvalue weighted by atomic mass is 19.4. The first-order valence-corrected chi connectivity index (χ1v) is 8.78. The van der Waals surface area contributed by atoms with E-state index in [1.165, 1.54) is 6.07 Å². The maximum Gasteiger partial charge on any atom is 0.416 e. The summed E-state index contributed by atoms with van der Waals surface area (Å²) in [7, 11) is 0. The molecule has 0 aromatic heterocycles. The number of rotatable bonds is 4. The van der Waals surface area contributed by atoms with Crippen LogP contribution in [-0.2, 0) is 15.7 Å². The highest BCUT2D eigenvalue weighted by molar-refractivity contribution is 5.41. The van der Waals surface area contributed by atoms with Gasteiger partial charge in [-0.05, 0) is 39.3 Å². The number of nitrogens with zero attached hydrogens (tertiary/aromatic N) is 2. The Hall–Kier alpha value is -2.20.